The predicted octanol–water partition coefficient (Wildman–Crippen LogP) is 5.13. The Bertz CT molecular complexity index is 1160. The van der Waals surface area contributed by atoms with Gasteiger partial charge in [0.2, 0.25) is 0 Å². The van der Waals surface area contributed by atoms with Gasteiger partial charge in [-0.3, -0.25) is 0 Å². The second kappa shape index (κ2) is 8.17. The van der Waals surface area contributed by atoms with Gasteiger partial charge in [-0.2, -0.15) is 0 Å². The highest BCUT2D eigenvalue weighted by Gasteiger charge is 2.28. The van der Waals surface area contributed by atoms with E-state index in [1.165, 1.54) is 5.56 Å². The van der Waals surface area contributed by atoms with Crippen LogP contribution in [0.3, 0.4) is 0 Å². The van der Waals surface area contributed by atoms with Crippen molar-refractivity contribution in [2.24, 2.45) is 5.92 Å². The fraction of sp³-hybridized carbons (Fsp3) is 0.192. The second-order valence-corrected chi connectivity index (χ2v) is 7.81. The van der Waals surface area contributed by atoms with Gasteiger partial charge in [0.1, 0.15) is 12.4 Å². The SMILES string of the molecule is O[C@@H]1c2cc(OCc3ccc4ccccc4n3)ccc2NC[C@H]1Cc1ccccc1. The Kier molecular flexibility index (Phi) is 5.08. The van der Waals surface area contributed by atoms with E-state index in [-0.39, 0.29) is 5.92 Å². The molecule has 0 bridgehead atoms. The number of nitrogens with zero attached hydrogens (tertiary/aromatic N) is 1. The molecule has 0 fully saturated rings. The van der Waals surface area contributed by atoms with Crippen LogP contribution < -0.4 is 10.1 Å². The third-order valence-electron chi connectivity index (χ3n) is 5.73. The number of ether oxygens (including phenoxy) is 1. The van der Waals surface area contributed by atoms with Crippen molar-refractivity contribution in [3.8, 4) is 5.75 Å². The van der Waals surface area contributed by atoms with E-state index in [4.69, 9.17) is 4.74 Å². The molecule has 0 saturated carbocycles. The summed E-state index contributed by atoms with van der Waals surface area (Å²) in [5.74, 6) is 0.863. The Balaban J connectivity index is 1.30. The molecule has 150 valence electrons. The summed E-state index contributed by atoms with van der Waals surface area (Å²) in [6.07, 6.45) is 0.310. The zero-order valence-electron chi connectivity index (χ0n) is 16.7. The van der Waals surface area contributed by atoms with Crippen molar-refractivity contribution in [3.05, 3.63) is 102 Å². The zero-order valence-corrected chi connectivity index (χ0v) is 16.7. The molecule has 2 atom stereocenters. The summed E-state index contributed by atoms with van der Waals surface area (Å²) in [5, 5.41) is 15.6. The predicted molar refractivity (Wildman–Crippen MR) is 120 cm³/mol. The summed E-state index contributed by atoms with van der Waals surface area (Å²) in [6, 6.07) is 28.3. The van der Waals surface area contributed by atoms with Crippen molar-refractivity contribution in [3.63, 3.8) is 0 Å². The van der Waals surface area contributed by atoms with Gasteiger partial charge in [0, 0.05) is 29.1 Å². The van der Waals surface area contributed by atoms with Crippen molar-refractivity contribution in [1.29, 1.82) is 0 Å². The molecular weight excluding hydrogens is 372 g/mol. The van der Waals surface area contributed by atoms with E-state index in [1.807, 2.05) is 60.7 Å². The summed E-state index contributed by atoms with van der Waals surface area (Å²) in [6.45, 7) is 1.14. The number of aliphatic hydroxyl groups excluding tert-OH is 1. The van der Waals surface area contributed by atoms with E-state index in [0.29, 0.717) is 6.61 Å². The number of hydrogen-bond acceptors (Lipinski definition) is 4. The lowest BCUT2D eigenvalue weighted by molar-refractivity contribution is 0.110. The first kappa shape index (κ1) is 18.6. The number of benzene rings is 3. The topological polar surface area (TPSA) is 54.4 Å². The third-order valence-corrected chi connectivity index (χ3v) is 5.73. The van der Waals surface area contributed by atoms with E-state index in [1.54, 1.807) is 0 Å². The van der Waals surface area contributed by atoms with Gasteiger partial charge in [0.15, 0.2) is 0 Å². The Labute approximate surface area is 176 Å². The van der Waals surface area contributed by atoms with E-state index in [2.05, 4.69) is 34.6 Å². The lowest BCUT2D eigenvalue weighted by Gasteiger charge is -2.31. The maximum atomic E-state index is 11.0. The Morgan fingerprint density at radius 2 is 1.77 bits per heavy atom. The molecule has 0 spiro atoms. The molecule has 0 radical (unpaired) electrons. The first-order valence-corrected chi connectivity index (χ1v) is 10.3. The van der Waals surface area contributed by atoms with Gasteiger partial charge in [0.25, 0.3) is 0 Å². The molecule has 0 amide bonds. The summed E-state index contributed by atoms with van der Waals surface area (Å²) in [7, 11) is 0. The molecule has 3 aromatic carbocycles. The lowest BCUT2D eigenvalue weighted by Crippen LogP contribution is -2.29. The Hall–Kier alpha value is -3.37. The fourth-order valence-corrected chi connectivity index (χ4v) is 4.09. The quantitative estimate of drug-likeness (QED) is 0.491. The van der Waals surface area contributed by atoms with Crippen LogP contribution in [0.15, 0.2) is 84.9 Å². The molecule has 1 aromatic heterocycles. The van der Waals surface area contributed by atoms with E-state index < -0.39 is 6.10 Å². The molecule has 4 heteroatoms. The maximum absolute atomic E-state index is 11.0. The molecule has 30 heavy (non-hydrogen) atoms. The number of anilines is 1. The van der Waals surface area contributed by atoms with Crippen LogP contribution >= 0.6 is 0 Å². The van der Waals surface area contributed by atoms with Crippen molar-refractivity contribution in [2.45, 2.75) is 19.1 Å². The van der Waals surface area contributed by atoms with Gasteiger partial charge in [-0.1, -0.05) is 54.6 Å². The normalized spacial score (nSPS) is 17.9. The molecule has 2 heterocycles. The van der Waals surface area contributed by atoms with Gasteiger partial charge in [-0.15, -0.1) is 0 Å². The average molecular weight is 396 g/mol. The zero-order chi connectivity index (χ0) is 20.3. The summed E-state index contributed by atoms with van der Waals surface area (Å²) in [5.41, 5.74) is 4.95. The van der Waals surface area contributed by atoms with Gasteiger partial charge >= 0.3 is 0 Å². The minimum absolute atomic E-state index is 0.123. The van der Waals surface area contributed by atoms with Crippen molar-refractivity contribution in [2.75, 3.05) is 11.9 Å². The number of aliphatic hydroxyl groups is 1. The highest BCUT2D eigenvalue weighted by molar-refractivity contribution is 5.78. The molecule has 4 aromatic rings. The molecule has 1 aliphatic heterocycles. The lowest BCUT2D eigenvalue weighted by atomic mass is 9.86. The first-order valence-electron chi connectivity index (χ1n) is 10.3. The summed E-state index contributed by atoms with van der Waals surface area (Å²) in [4.78, 5) is 4.66. The fourth-order valence-electron chi connectivity index (χ4n) is 4.09. The third kappa shape index (κ3) is 3.87. The number of para-hydroxylation sites is 1. The second-order valence-electron chi connectivity index (χ2n) is 7.81. The standard InChI is InChI=1S/C26H24N2O2/c29-26-20(14-18-6-2-1-3-7-18)16-27-25-13-12-22(15-23(25)26)30-17-21-11-10-19-8-4-5-9-24(19)28-21/h1-13,15,20,26-27,29H,14,16-17H2/t20-,26+/m1/s1. The Morgan fingerprint density at radius 1 is 0.933 bits per heavy atom. The number of hydrogen-bond donors (Lipinski definition) is 2. The van der Waals surface area contributed by atoms with E-state index >= 15 is 0 Å². The highest BCUT2D eigenvalue weighted by atomic mass is 16.5. The van der Waals surface area contributed by atoms with Gasteiger partial charge in [-0.25, -0.2) is 4.98 Å². The number of rotatable bonds is 5. The van der Waals surface area contributed by atoms with Crippen molar-refractivity contribution < 1.29 is 9.84 Å². The van der Waals surface area contributed by atoms with Crippen molar-refractivity contribution >= 4 is 16.6 Å². The van der Waals surface area contributed by atoms with Crippen LogP contribution in [0.5, 0.6) is 5.75 Å². The maximum Gasteiger partial charge on any atom is 0.130 e. The van der Waals surface area contributed by atoms with Gasteiger partial charge in [-0.05, 0) is 42.3 Å². The van der Waals surface area contributed by atoms with Crippen LogP contribution in [-0.4, -0.2) is 16.6 Å². The summed E-state index contributed by atoms with van der Waals surface area (Å²) < 4.78 is 6.01. The molecular formula is C26H24N2O2. The number of aromatic nitrogens is 1. The first-order chi connectivity index (χ1) is 14.8. The van der Waals surface area contributed by atoms with Gasteiger partial charge in [0.05, 0.1) is 17.3 Å². The van der Waals surface area contributed by atoms with Crippen LogP contribution in [0.25, 0.3) is 10.9 Å². The van der Waals surface area contributed by atoms with E-state index in [0.717, 1.165) is 46.6 Å². The molecule has 0 aliphatic carbocycles. The van der Waals surface area contributed by atoms with Crippen LogP contribution in [0.4, 0.5) is 5.69 Å². The van der Waals surface area contributed by atoms with Crippen LogP contribution in [-0.2, 0) is 13.0 Å². The highest BCUT2D eigenvalue weighted by Crippen LogP contribution is 2.37. The molecule has 0 saturated heterocycles. The molecule has 4 nitrogen and oxygen atoms in total. The number of fused-ring (bicyclic) bond motifs is 2. The Morgan fingerprint density at radius 3 is 2.67 bits per heavy atom. The smallest absolute Gasteiger partial charge is 0.130 e. The molecule has 1 aliphatic rings. The van der Waals surface area contributed by atoms with Crippen LogP contribution in [0, 0.1) is 5.92 Å². The minimum atomic E-state index is -0.524. The molecule has 0 unspecified atom stereocenters. The van der Waals surface area contributed by atoms with Crippen molar-refractivity contribution in [1.82, 2.24) is 4.98 Å². The number of pyridine rings is 1. The minimum Gasteiger partial charge on any atom is -0.487 e. The van der Waals surface area contributed by atoms with E-state index in [9.17, 15) is 5.11 Å². The van der Waals surface area contributed by atoms with Crippen LogP contribution in [0.1, 0.15) is 22.9 Å². The average Bonchev–Trinajstić information content (AvgIpc) is 2.80. The summed E-state index contributed by atoms with van der Waals surface area (Å²) >= 11 is 0. The largest absolute Gasteiger partial charge is 0.487 e. The van der Waals surface area contributed by atoms with Gasteiger partial charge < -0.3 is 15.2 Å². The molecule has 5 rings (SSSR count). The molecule has 2 N–H and O–H groups in total. The van der Waals surface area contributed by atoms with Crippen LogP contribution in [0.2, 0.25) is 0 Å². The monoisotopic (exact) mass is 396 g/mol. The number of nitrogens with one attached hydrogen (secondary N) is 1.